The summed E-state index contributed by atoms with van der Waals surface area (Å²) in [6.45, 7) is 0.243. The largest absolute Gasteiger partial charge is 0.439 e. The first-order chi connectivity index (χ1) is 6.35. The smallest absolute Gasteiger partial charge is 0.209 e. The molecule has 2 N–H and O–H groups in total. The van der Waals surface area contributed by atoms with Crippen molar-refractivity contribution in [2.24, 2.45) is 5.73 Å². The van der Waals surface area contributed by atoms with Crippen molar-refractivity contribution in [2.45, 2.75) is 6.54 Å². The van der Waals surface area contributed by atoms with E-state index in [1.807, 2.05) is 0 Å². The summed E-state index contributed by atoms with van der Waals surface area (Å²) in [6, 6.07) is 5.20. The second kappa shape index (κ2) is 2.99. The van der Waals surface area contributed by atoms with E-state index in [4.69, 9.17) is 10.2 Å². The van der Waals surface area contributed by atoms with Gasteiger partial charge in [0.1, 0.15) is 5.52 Å². The third-order valence-electron chi connectivity index (χ3n) is 1.80. The molecular formula is C9H8N2O2. The molecule has 0 aliphatic heterocycles. The Morgan fingerprint density at radius 3 is 3.08 bits per heavy atom. The van der Waals surface area contributed by atoms with Crippen LogP contribution < -0.4 is 5.73 Å². The Morgan fingerprint density at radius 1 is 1.54 bits per heavy atom. The number of aldehydes is 1. The van der Waals surface area contributed by atoms with Crippen LogP contribution in [0.5, 0.6) is 0 Å². The second-order valence-corrected chi connectivity index (χ2v) is 2.62. The van der Waals surface area contributed by atoms with Gasteiger partial charge in [-0.3, -0.25) is 4.79 Å². The normalized spacial score (nSPS) is 10.5. The second-order valence-electron chi connectivity index (χ2n) is 2.62. The maximum absolute atomic E-state index is 10.6. The molecule has 0 atom stereocenters. The first-order valence-corrected chi connectivity index (χ1v) is 3.89. The first kappa shape index (κ1) is 7.94. The van der Waals surface area contributed by atoms with E-state index < -0.39 is 0 Å². The molecule has 0 amide bonds. The fraction of sp³-hybridized carbons (Fsp3) is 0.111. The van der Waals surface area contributed by atoms with Crippen LogP contribution in [0, 0.1) is 0 Å². The zero-order chi connectivity index (χ0) is 9.26. The zero-order valence-corrected chi connectivity index (χ0v) is 6.86. The molecular weight excluding hydrogens is 168 g/mol. The lowest BCUT2D eigenvalue weighted by Crippen LogP contribution is -1.95. The number of carbonyl (C=O) groups is 1. The lowest BCUT2D eigenvalue weighted by molar-refractivity contribution is 0.112. The van der Waals surface area contributed by atoms with Crippen molar-refractivity contribution < 1.29 is 9.21 Å². The van der Waals surface area contributed by atoms with Crippen molar-refractivity contribution in [3.05, 3.63) is 29.7 Å². The number of benzene rings is 1. The van der Waals surface area contributed by atoms with Crippen LogP contribution in [0.4, 0.5) is 0 Å². The minimum absolute atomic E-state index is 0.243. The highest BCUT2D eigenvalue weighted by molar-refractivity contribution is 5.93. The molecule has 2 aromatic rings. The van der Waals surface area contributed by atoms with Crippen molar-refractivity contribution in [1.29, 1.82) is 0 Å². The summed E-state index contributed by atoms with van der Waals surface area (Å²) in [5.41, 5.74) is 7.07. The Hall–Kier alpha value is -1.68. The van der Waals surface area contributed by atoms with E-state index in [1.54, 1.807) is 18.2 Å². The van der Waals surface area contributed by atoms with Crippen molar-refractivity contribution in [3.63, 3.8) is 0 Å². The Morgan fingerprint density at radius 2 is 2.38 bits per heavy atom. The zero-order valence-electron chi connectivity index (χ0n) is 6.86. The van der Waals surface area contributed by atoms with E-state index in [0.29, 0.717) is 22.6 Å². The van der Waals surface area contributed by atoms with Gasteiger partial charge < -0.3 is 10.2 Å². The first-order valence-electron chi connectivity index (χ1n) is 3.89. The molecule has 0 fully saturated rings. The highest BCUT2D eigenvalue weighted by atomic mass is 16.3. The number of nitrogens with zero attached hydrogens (tertiary/aromatic N) is 1. The summed E-state index contributed by atoms with van der Waals surface area (Å²) in [4.78, 5) is 14.7. The molecule has 4 heteroatoms. The van der Waals surface area contributed by atoms with Gasteiger partial charge in [-0.2, -0.15) is 0 Å². The molecule has 2 rings (SSSR count). The quantitative estimate of drug-likeness (QED) is 0.695. The highest BCUT2D eigenvalue weighted by Gasteiger charge is 2.07. The van der Waals surface area contributed by atoms with E-state index in [1.165, 1.54) is 0 Å². The molecule has 1 aromatic carbocycles. The van der Waals surface area contributed by atoms with Gasteiger partial charge in [0.05, 0.1) is 6.54 Å². The number of para-hydroxylation sites is 1. The Kier molecular flexibility index (Phi) is 1.83. The van der Waals surface area contributed by atoms with Crippen LogP contribution in [0.15, 0.2) is 22.6 Å². The van der Waals surface area contributed by atoms with Crippen molar-refractivity contribution >= 4 is 17.4 Å². The van der Waals surface area contributed by atoms with Gasteiger partial charge in [-0.15, -0.1) is 0 Å². The SMILES string of the molecule is NCc1nc2c(C=O)cccc2o1. The minimum atomic E-state index is 0.243. The van der Waals surface area contributed by atoms with Gasteiger partial charge in [0.25, 0.3) is 0 Å². The molecule has 1 aromatic heterocycles. The standard InChI is InChI=1S/C9H8N2O2/c10-4-8-11-9-6(5-12)2-1-3-7(9)13-8/h1-3,5H,4,10H2. The Labute approximate surface area is 74.4 Å². The van der Waals surface area contributed by atoms with Crippen LogP contribution in [-0.2, 0) is 6.54 Å². The molecule has 13 heavy (non-hydrogen) atoms. The molecule has 0 saturated carbocycles. The summed E-state index contributed by atoms with van der Waals surface area (Å²) in [5, 5.41) is 0. The summed E-state index contributed by atoms with van der Waals surface area (Å²) in [5.74, 6) is 0.448. The van der Waals surface area contributed by atoms with Crippen molar-refractivity contribution in [1.82, 2.24) is 4.98 Å². The maximum atomic E-state index is 10.6. The van der Waals surface area contributed by atoms with Gasteiger partial charge in [0.2, 0.25) is 5.89 Å². The predicted octanol–water partition coefficient (Wildman–Crippen LogP) is 1.10. The van der Waals surface area contributed by atoms with Crippen LogP contribution in [0.3, 0.4) is 0 Å². The van der Waals surface area contributed by atoms with Gasteiger partial charge in [0, 0.05) is 5.56 Å². The molecule has 0 bridgehead atoms. The number of fused-ring (bicyclic) bond motifs is 1. The average Bonchev–Trinajstić information content (AvgIpc) is 2.59. The fourth-order valence-electron chi connectivity index (χ4n) is 1.20. The van der Waals surface area contributed by atoms with Crippen LogP contribution >= 0.6 is 0 Å². The number of rotatable bonds is 2. The lowest BCUT2D eigenvalue weighted by atomic mass is 10.2. The molecule has 0 aliphatic rings. The van der Waals surface area contributed by atoms with Crippen LogP contribution in [0.25, 0.3) is 11.1 Å². The van der Waals surface area contributed by atoms with Gasteiger partial charge in [-0.25, -0.2) is 4.98 Å². The molecule has 1 heterocycles. The number of hydrogen-bond acceptors (Lipinski definition) is 4. The average molecular weight is 176 g/mol. The molecule has 0 spiro atoms. The highest BCUT2D eigenvalue weighted by Crippen LogP contribution is 2.17. The third-order valence-corrected chi connectivity index (χ3v) is 1.80. The summed E-state index contributed by atoms with van der Waals surface area (Å²) >= 11 is 0. The van der Waals surface area contributed by atoms with E-state index in [0.717, 1.165) is 6.29 Å². The summed E-state index contributed by atoms with van der Waals surface area (Å²) < 4.78 is 5.26. The third kappa shape index (κ3) is 1.21. The van der Waals surface area contributed by atoms with Gasteiger partial charge >= 0.3 is 0 Å². The van der Waals surface area contributed by atoms with E-state index in [-0.39, 0.29) is 6.54 Å². The van der Waals surface area contributed by atoms with Crippen LogP contribution in [0.2, 0.25) is 0 Å². The molecule has 0 aliphatic carbocycles. The van der Waals surface area contributed by atoms with Gasteiger partial charge in [0.15, 0.2) is 11.9 Å². The molecule has 0 radical (unpaired) electrons. The number of aromatic nitrogens is 1. The summed E-state index contributed by atoms with van der Waals surface area (Å²) in [6.07, 6.45) is 0.755. The number of carbonyl (C=O) groups excluding carboxylic acids is 1. The maximum Gasteiger partial charge on any atom is 0.209 e. The van der Waals surface area contributed by atoms with Crippen molar-refractivity contribution in [3.8, 4) is 0 Å². The van der Waals surface area contributed by atoms with Crippen LogP contribution in [-0.4, -0.2) is 11.3 Å². The monoisotopic (exact) mass is 176 g/mol. The number of nitrogens with two attached hydrogens (primary N) is 1. The van der Waals surface area contributed by atoms with E-state index >= 15 is 0 Å². The molecule has 4 nitrogen and oxygen atoms in total. The Bertz CT molecular complexity index is 448. The molecule has 0 unspecified atom stereocenters. The Balaban J connectivity index is 2.74. The topological polar surface area (TPSA) is 69.1 Å². The fourth-order valence-corrected chi connectivity index (χ4v) is 1.20. The molecule has 0 saturated heterocycles. The minimum Gasteiger partial charge on any atom is -0.439 e. The van der Waals surface area contributed by atoms with E-state index in [9.17, 15) is 4.79 Å². The lowest BCUT2D eigenvalue weighted by Gasteiger charge is -1.87. The van der Waals surface area contributed by atoms with Gasteiger partial charge in [-0.1, -0.05) is 6.07 Å². The number of hydrogen-bond donors (Lipinski definition) is 1. The van der Waals surface area contributed by atoms with Gasteiger partial charge in [-0.05, 0) is 12.1 Å². The predicted molar refractivity (Wildman–Crippen MR) is 47.3 cm³/mol. The van der Waals surface area contributed by atoms with Crippen LogP contribution in [0.1, 0.15) is 16.2 Å². The summed E-state index contributed by atoms with van der Waals surface area (Å²) in [7, 11) is 0. The van der Waals surface area contributed by atoms with E-state index in [2.05, 4.69) is 4.98 Å². The molecule has 66 valence electrons. The van der Waals surface area contributed by atoms with Crippen molar-refractivity contribution in [2.75, 3.05) is 0 Å². The number of oxazole rings is 1.